The molecule has 0 atom stereocenters. The Labute approximate surface area is 106 Å². The SMILES string of the molecule is CC(=CCOc1cc(F)c([N+](=O)[O-])cc1F)C(=O)O. The fourth-order valence-electron chi connectivity index (χ4n) is 1.11. The molecule has 0 aromatic heterocycles. The van der Waals surface area contributed by atoms with E-state index >= 15 is 0 Å². The first-order valence-electron chi connectivity index (χ1n) is 4.99. The molecule has 0 spiro atoms. The van der Waals surface area contributed by atoms with Crippen LogP contribution in [0, 0.1) is 21.7 Å². The van der Waals surface area contributed by atoms with Gasteiger partial charge in [-0.05, 0) is 13.0 Å². The van der Waals surface area contributed by atoms with Crippen molar-refractivity contribution in [2.45, 2.75) is 6.92 Å². The van der Waals surface area contributed by atoms with E-state index in [1.54, 1.807) is 0 Å². The summed E-state index contributed by atoms with van der Waals surface area (Å²) in [6.07, 6.45) is 1.15. The Morgan fingerprint density at radius 3 is 2.63 bits per heavy atom. The summed E-state index contributed by atoms with van der Waals surface area (Å²) in [6, 6.07) is 0.940. The van der Waals surface area contributed by atoms with Gasteiger partial charge in [-0.2, -0.15) is 4.39 Å². The summed E-state index contributed by atoms with van der Waals surface area (Å²) in [5, 5.41) is 18.9. The molecule has 0 radical (unpaired) electrons. The van der Waals surface area contributed by atoms with E-state index in [-0.39, 0.29) is 12.2 Å². The van der Waals surface area contributed by atoms with Gasteiger partial charge in [0.05, 0.1) is 11.0 Å². The summed E-state index contributed by atoms with van der Waals surface area (Å²) < 4.78 is 31.3. The monoisotopic (exact) mass is 273 g/mol. The van der Waals surface area contributed by atoms with Crippen LogP contribution in [0.3, 0.4) is 0 Å². The third-order valence-corrected chi connectivity index (χ3v) is 2.16. The van der Waals surface area contributed by atoms with Crippen molar-refractivity contribution in [3.05, 3.63) is 45.5 Å². The minimum atomic E-state index is -1.24. The highest BCUT2D eigenvalue weighted by molar-refractivity contribution is 5.85. The standard InChI is InChI=1S/C11H9F2NO5/c1-6(11(15)16)2-3-19-10-5-7(12)9(14(17)18)4-8(10)13/h2,4-5H,3H2,1H3,(H,15,16). The first kappa shape index (κ1) is 14.6. The second kappa shape index (κ2) is 5.89. The summed E-state index contributed by atoms with van der Waals surface area (Å²) in [5.74, 6) is -4.04. The number of ether oxygens (including phenoxy) is 1. The molecule has 19 heavy (non-hydrogen) atoms. The van der Waals surface area contributed by atoms with Crippen molar-refractivity contribution in [2.75, 3.05) is 6.61 Å². The van der Waals surface area contributed by atoms with Crippen molar-refractivity contribution >= 4 is 11.7 Å². The molecule has 1 rings (SSSR count). The summed E-state index contributed by atoms with van der Waals surface area (Å²) in [6.45, 7) is 1.00. The van der Waals surface area contributed by atoms with Crippen LogP contribution in [-0.2, 0) is 4.79 Å². The largest absolute Gasteiger partial charge is 0.486 e. The molecule has 6 nitrogen and oxygen atoms in total. The van der Waals surface area contributed by atoms with Crippen LogP contribution in [0.2, 0.25) is 0 Å². The molecule has 0 aliphatic rings. The Morgan fingerprint density at radius 1 is 1.47 bits per heavy atom. The van der Waals surface area contributed by atoms with Gasteiger partial charge in [0.25, 0.3) is 0 Å². The lowest BCUT2D eigenvalue weighted by Gasteiger charge is -2.05. The first-order chi connectivity index (χ1) is 8.82. The average molecular weight is 273 g/mol. The minimum Gasteiger partial charge on any atom is -0.486 e. The lowest BCUT2D eigenvalue weighted by Crippen LogP contribution is -2.03. The van der Waals surface area contributed by atoms with Crippen molar-refractivity contribution in [1.29, 1.82) is 0 Å². The third-order valence-electron chi connectivity index (χ3n) is 2.16. The lowest BCUT2D eigenvalue weighted by atomic mass is 10.2. The van der Waals surface area contributed by atoms with Crippen LogP contribution < -0.4 is 4.74 Å². The van der Waals surface area contributed by atoms with Crippen LogP contribution in [0.25, 0.3) is 0 Å². The summed E-state index contributed by atoms with van der Waals surface area (Å²) in [5.41, 5.74) is -1.02. The van der Waals surface area contributed by atoms with Crippen molar-refractivity contribution < 1.29 is 28.3 Å². The van der Waals surface area contributed by atoms with Gasteiger partial charge >= 0.3 is 11.7 Å². The van der Waals surface area contributed by atoms with Gasteiger partial charge in [0.15, 0.2) is 11.6 Å². The van der Waals surface area contributed by atoms with Gasteiger partial charge in [-0.3, -0.25) is 10.1 Å². The molecule has 0 saturated heterocycles. The zero-order valence-electron chi connectivity index (χ0n) is 9.72. The molecule has 0 heterocycles. The molecule has 8 heteroatoms. The third kappa shape index (κ3) is 3.73. The molecule has 0 amide bonds. The zero-order chi connectivity index (χ0) is 14.6. The van der Waals surface area contributed by atoms with Gasteiger partial charge in [-0.25, -0.2) is 9.18 Å². The number of carboxylic acid groups (broad SMARTS) is 1. The smallest absolute Gasteiger partial charge is 0.331 e. The van der Waals surface area contributed by atoms with Crippen LogP contribution in [0.1, 0.15) is 6.92 Å². The van der Waals surface area contributed by atoms with Crippen LogP contribution in [-0.4, -0.2) is 22.6 Å². The molecule has 1 aromatic rings. The Bertz CT molecular complexity index is 556. The number of carbonyl (C=O) groups is 1. The number of hydrogen-bond donors (Lipinski definition) is 1. The second-order valence-electron chi connectivity index (χ2n) is 3.49. The molecule has 0 aliphatic heterocycles. The average Bonchev–Trinajstić information content (AvgIpc) is 2.32. The maximum absolute atomic E-state index is 13.3. The second-order valence-corrected chi connectivity index (χ2v) is 3.49. The van der Waals surface area contributed by atoms with Gasteiger partial charge in [-0.15, -0.1) is 0 Å². The van der Waals surface area contributed by atoms with Crippen molar-refractivity contribution in [3.8, 4) is 5.75 Å². The summed E-state index contributed by atoms with van der Waals surface area (Å²) in [7, 11) is 0. The first-order valence-corrected chi connectivity index (χ1v) is 4.99. The van der Waals surface area contributed by atoms with E-state index in [0.717, 1.165) is 6.08 Å². The van der Waals surface area contributed by atoms with Crippen LogP contribution >= 0.6 is 0 Å². The van der Waals surface area contributed by atoms with Gasteiger partial charge < -0.3 is 9.84 Å². The number of nitrogens with zero attached hydrogens (tertiary/aromatic N) is 1. The number of nitro groups is 1. The highest BCUT2D eigenvalue weighted by Crippen LogP contribution is 2.26. The molecule has 0 saturated carbocycles. The van der Waals surface area contributed by atoms with Crippen LogP contribution in [0.5, 0.6) is 5.75 Å². The van der Waals surface area contributed by atoms with Gasteiger partial charge in [0.1, 0.15) is 6.61 Å². The molecular formula is C11H9F2NO5. The zero-order valence-corrected chi connectivity index (χ0v) is 9.72. The maximum atomic E-state index is 13.3. The molecule has 0 unspecified atom stereocenters. The van der Waals surface area contributed by atoms with Gasteiger partial charge in [0, 0.05) is 11.6 Å². The molecule has 0 bridgehead atoms. The van der Waals surface area contributed by atoms with E-state index in [9.17, 15) is 23.7 Å². The highest BCUT2D eigenvalue weighted by Gasteiger charge is 2.19. The fraction of sp³-hybridized carbons (Fsp3) is 0.182. The topological polar surface area (TPSA) is 89.7 Å². The van der Waals surface area contributed by atoms with Crippen molar-refractivity contribution in [2.24, 2.45) is 0 Å². The van der Waals surface area contributed by atoms with E-state index < -0.39 is 34.0 Å². The number of benzene rings is 1. The Kier molecular flexibility index (Phi) is 4.51. The minimum absolute atomic E-state index is 0.0252. The number of nitro benzene ring substituents is 1. The molecule has 102 valence electrons. The Morgan fingerprint density at radius 2 is 2.11 bits per heavy atom. The fourth-order valence-corrected chi connectivity index (χ4v) is 1.11. The summed E-state index contributed by atoms with van der Waals surface area (Å²) in [4.78, 5) is 19.7. The Balaban J connectivity index is 2.86. The number of rotatable bonds is 5. The predicted molar refractivity (Wildman–Crippen MR) is 59.9 cm³/mol. The van der Waals surface area contributed by atoms with E-state index in [2.05, 4.69) is 0 Å². The Hall–Kier alpha value is -2.51. The van der Waals surface area contributed by atoms with Crippen LogP contribution in [0.15, 0.2) is 23.8 Å². The molecule has 1 N–H and O–H groups in total. The number of halogens is 2. The van der Waals surface area contributed by atoms with Crippen molar-refractivity contribution in [1.82, 2.24) is 0 Å². The maximum Gasteiger partial charge on any atom is 0.331 e. The molecule has 1 aromatic carbocycles. The number of carboxylic acids is 1. The van der Waals surface area contributed by atoms with E-state index in [0.29, 0.717) is 12.1 Å². The molecule has 0 fully saturated rings. The van der Waals surface area contributed by atoms with Crippen molar-refractivity contribution in [3.63, 3.8) is 0 Å². The predicted octanol–water partition coefficient (Wildman–Crippen LogP) is 2.28. The van der Waals surface area contributed by atoms with E-state index in [1.165, 1.54) is 6.92 Å². The van der Waals surface area contributed by atoms with Crippen LogP contribution in [0.4, 0.5) is 14.5 Å². The highest BCUT2D eigenvalue weighted by atomic mass is 19.1. The lowest BCUT2D eigenvalue weighted by molar-refractivity contribution is -0.387. The molecule has 0 aliphatic carbocycles. The summed E-state index contributed by atoms with van der Waals surface area (Å²) >= 11 is 0. The number of aliphatic carboxylic acids is 1. The number of hydrogen-bond acceptors (Lipinski definition) is 4. The quantitative estimate of drug-likeness (QED) is 0.505. The molecular weight excluding hydrogens is 264 g/mol. The van der Waals surface area contributed by atoms with E-state index in [4.69, 9.17) is 9.84 Å². The van der Waals surface area contributed by atoms with E-state index in [1.807, 2.05) is 0 Å². The van der Waals surface area contributed by atoms with Gasteiger partial charge in [-0.1, -0.05) is 0 Å². The van der Waals surface area contributed by atoms with Gasteiger partial charge in [0.2, 0.25) is 5.82 Å². The normalized spacial score (nSPS) is 11.2.